The number of cyclic esters (lactones) is 1. The minimum Gasteiger partial charge on any atom is -0.507 e. The van der Waals surface area contributed by atoms with E-state index in [0.29, 0.717) is 73.7 Å². The van der Waals surface area contributed by atoms with Crippen molar-refractivity contribution in [3.63, 3.8) is 0 Å². The summed E-state index contributed by atoms with van der Waals surface area (Å²) in [6, 6.07) is 7.00. The number of benzene rings is 2. The Morgan fingerprint density at radius 1 is 1.07 bits per heavy atom. The van der Waals surface area contributed by atoms with Gasteiger partial charge in [-0.25, -0.2) is 4.79 Å². The molecule has 0 saturated carbocycles. The van der Waals surface area contributed by atoms with Gasteiger partial charge < -0.3 is 24.1 Å². The van der Waals surface area contributed by atoms with E-state index in [2.05, 4.69) is 0 Å². The number of ketones is 1. The molecule has 8 heteroatoms. The molecule has 2 aromatic carbocycles. The Bertz CT molecular complexity index is 1290. The summed E-state index contributed by atoms with van der Waals surface area (Å²) in [6.45, 7) is 6.34. The lowest BCUT2D eigenvalue weighted by Gasteiger charge is -2.28. The first-order valence-corrected chi connectivity index (χ1v) is 14.0. The number of esters is 2. The van der Waals surface area contributed by atoms with Gasteiger partial charge in [-0.1, -0.05) is 32.1 Å². The van der Waals surface area contributed by atoms with Crippen molar-refractivity contribution in [3.8, 4) is 23.0 Å². The van der Waals surface area contributed by atoms with Crippen molar-refractivity contribution in [2.24, 2.45) is 5.92 Å². The van der Waals surface area contributed by atoms with Crippen molar-refractivity contribution in [3.05, 3.63) is 52.6 Å². The average Bonchev–Trinajstić information content (AvgIpc) is 2.90. The second kappa shape index (κ2) is 13.0. The highest BCUT2D eigenvalue weighted by molar-refractivity contribution is 5.98. The Labute approximate surface area is 235 Å². The van der Waals surface area contributed by atoms with Gasteiger partial charge in [-0.05, 0) is 67.9 Å². The molecule has 0 bridgehead atoms. The molecule has 0 fully saturated rings. The first kappa shape index (κ1) is 29.2. The maximum Gasteiger partial charge on any atom is 0.342 e. The van der Waals surface area contributed by atoms with Crippen molar-refractivity contribution in [1.29, 1.82) is 0 Å². The Morgan fingerprint density at radius 3 is 2.60 bits per heavy atom. The van der Waals surface area contributed by atoms with Crippen LogP contribution in [0.4, 0.5) is 0 Å². The number of phenols is 1. The summed E-state index contributed by atoms with van der Waals surface area (Å²) in [5, 5.41) is 11.6. The molecule has 40 heavy (non-hydrogen) atoms. The highest BCUT2D eigenvalue weighted by atomic mass is 16.5. The van der Waals surface area contributed by atoms with Gasteiger partial charge in [-0.15, -0.1) is 0 Å². The van der Waals surface area contributed by atoms with E-state index in [1.807, 2.05) is 26.0 Å². The van der Waals surface area contributed by atoms with Crippen LogP contribution >= 0.6 is 0 Å². The monoisotopic (exact) mass is 550 g/mol. The van der Waals surface area contributed by atoms with Crippen LogP contribution in [0, 0.1) is 5.92 Å². The summed E-state index contributed by atoms with van der Waals surface area (Å²) in [5.74, 6) is -0.192. The topological polar surface area (TPSA) is 108 Å². The number of carbonyl (C=O) groups is 3. The van der Waals surface area contributed by atoms with Gasteiger partial charge in [0.25, 0.3) is 0 Å². The normalized spacial score (nSPS) is 20.2. The van der Waals surface area contributed by atoms with Crippen LogP contribution in [0.2, 0.25) is 0 Å². The van der Waals surface area contributed by atoms with Crippen molar-refractivity contribution >= 4 is 23.8 Å². The molecule has 0 aliphatic carbocycles. The second-order valence-electron chi connectivity index (χ2n) is 10.9. The summed E-state index contributed by atoms with van der Waals surface area (Å²) >= 11 is 0. The van der Waals surface area contributed by atoms with Crippen LogP contribution in [0.1, 0.15) is 98.7 Å². The molecule has 2 atom stereocenters. The van der Waals surface area contributed by atoms with Crippen LogP contribution in [-0.4, -0.2) is 42.6 Å². The van der Waals surface area contributed by atoms with Crippen LogP contribution < -0.4 is 14.2 Å². The van der Waals surface area contributed by atoms with Crippen LogP contribution in [0.15, 0.2) is 30.3 Å². The SMILES string of the molecule is COc1ccc([C@@H]2CC(=O)Oc3cc4c(c(O)c32)C(=O)O[C@@H](C)CCCC(=O)CCCC=C4)cc1OCC(C)C. The van der Waals surface area contributed by atoms with E-state index in [1.165, 1.54) is 0 Å². The van der Waals surface area contributed by atoms with E-state index in [9.17, 15) is 19.5 Å². The van der Waals surface area contributed by atoms with Crippen molar-refractivity contribution < 1.29 is 38.4 Å². The van der Waals surface area contributed by atoms with Crippen molar-refractivity contribution in [2.75, 3.05) is 13.7 Å². The summed E-state index contributed by atoms with van der Waals surface area (Å²) in [4.78, 5) is 38.3. The van der Waals surface area contributed by atoms with E-state index in [-0.39, 0.29) is 29.3 Å². The molecule has 2 aliphatic rings. The number of fused-ring (bicyclic) bond motifs is 2. The number of allylic oxidation sites excluding steroid dienone is 1. The molecule has 0 aromatic heterocycles. The molecule has 0 amide bonds. The number of carbonyl (C=O) groups excluding carboxylic acids is 3. The Hall–Kier alpha value is -3.81. The van der Waals surface area contributed by atoms with E-state index < -0.39 is 24.0 Å². The van der Waals surface area contributed by atoms with Crippen LogP contribution in [-0.2, 0) is 14.3 Å². The molecule has 2 heterocycles. The Kier molecular flexibility index (Phi) is 9.50. The second-order valence-corrected chi connectivity index (χ2v) is 10.9. The third kappa shape index (κ3) is 6.84. The zero-order valence-corrected chi connectivity index (χ0v) is 23.7. The summed E-state index contributed by atoms with van der Waals surface area (Å²) in [6.07, 6.45) is 6.53. The van der Waals surface area contributed by atoms with Gasteiger partial charge >= 0.3 is 11.9 Å². The minimum atomic E-state index is -0.665. The summed E-state index contributed by atoms with van der Waals surface area (Å²) < 4.78 is 22.7. The molecule has 214 valence electrons. The molecule has 2 aromatic rings. The molecule has 0 saturated heterocycles. The smallest absolute Gasteiger partial charge is 0.342 e. The third-order valence-electron chi connectivity index (χ3n) is 7.14. The number of Topliss-reactive ketones (excluding diaryl/α,β-unsaturated/α-hetero) is 1. The number of hydrogen-bond donors (Lipinski definition) is 1. The maximum atomic E-state index is 13.4. The van der Waals surface area contributed by atoms with Crippen LogP contribution in [0.25, 0.3) is 6.08 Å². The first-order chi connectivity index (χ1) is 19.2. The van der Waals surface area contributed by atoms with Crippen LogP contribution in [0.5, 0.6) is 23.0 Å². The highest BCUT2D eigenvalue weighted by Crippen LogP contribution is 2.48. The third-order valence-corrected chi connectivity index (χ3v) is 7.14. The molecule has 4 rings (SSSR count). The predicted molar refractivity (Wildman–Crippen MR) is 150 cm³/mol. The number of phenolic OH excluding ortho intramolecular Hbond substituents is 1. The molecular weight excluding hydrogens is 512 g/mol. The van der Waals surface area contributed by atoms with E-state index in [0.717, 1.165) is 5.56 Å². The van der Waals surface area contributed by atoms with Gasteiger partial charge in [0.05, 0.1) is 26.2 Å². The first-order valence-electron chi connectivity index (χ1n) is 14.0. The fourth-order valence-corrected chi connectivity index (χ4v) is 5.08. The van der Waals surface area contributed by atoms with Gasteiger partial charge in [0, 0.05) is 24.3 Å². The largest absolute Gasteiger partial charge is 0.507 e. The summed E-state index contributed by atoms with van der Waals surface area (Å²) in [7, 11) is 1.56. The van der Waals surface area contributed by atoms with Crippen LogP contribution in [0.3, 0.4) is 0 Å². The average molecular weight is 551 g/mol. The van der Waals surface area contributed by atoms with E-state index in [1.54, 1.807) is 38.3 Å². The number of hydrogen-bond acceptors (Lipinski definition) is 8. The zero-order chi connectivity index (χ0) is 28.8. The van der Waals surface area contributed by atoms with Crippen molar-refractivity contribution in [2.45, 2.75) is 77.7 Å². The number of methoxy groups -OCH3 is 1. The van der Waals surface area contributed by atoms with Gasteiger partial charge in [-0.2, -0.15) is 0 Å². The van der Waals surface area contributed by atoms with E-state index >= 15 is 0 Å². The summed E-state index contributed by atoms with van der Waals surface area (Å²) in [5.41, 5.74) is 1.49. The molecular formula is C32H38O8. The standard InChI is InChI=1S/C32H38O8/c1-19(2)18-38-26-15-21(13-14-25(26)37-4)24-17-28(34)40-27-16-22-10-6-5-7-11-23(33)12-8-9-20(3)39-32(36)29(22)31(35)30(24)27/h6,10,13-16,19-20,24,35H,5,7-9,11-12,17-18H2,1-4H3/t20-,24-/m0/s1. The number of rotatable bonds is 5. The Morgan fingerprint density at radius 2 is 1.85 bits per heavy atom. The lowest BCUT2D eigenvalue weighted by Crippen LogP contribution is -2.23. The van der Waals surface area contributed by atoms with Gasteiger partial charge in [0.15, 0.2) is 11.5 Å². The molecule has 1 N–H and O–H groups in total. The molecule has 0 unspecified atom stereocenters. The van der Waals surface area contributed by atoms with Gasteiger partial charge in [0.1, 0.15) is 22.8 Å². The molecule has 8 nitrogen and oxygen atoms in total. The molecule has 0 spiro atoms. The predicted octanol–water partition coefficient (Wildman–Crippen LogP) is 6.36. The van der Waals surface area contributed by atoms with Gasteiger partial charge in [0.2, 0.25) is 0 Å². The van der Waals surface area contributed by atoms with Gasteiger partial charge in [-0.3, -0.25) is 9.59 Å². The molecule has 2 aliphatic heterocycles. The Balaban J connectivity index is 1.80. The fraction of sp³-hybridized carbons (Fsp3) is 0.469. The number of ether oxygens (including phenoxy) is 4. The van der Waals surface area contributed by atoms with Crippen molar-refractivity contribution in [1.82, 2.24) is 0 Å². The maximum absolute atomic E-state index is 13.4. The minimum absolute atomic E-state index is 0.0232. The zero-order valence-electron chi connectivity index (χ0n) is 23.7. The quantitative estimate of drug-likeness (QED) is 0.339. The fourth-order valence-electron chi connectivity index (χ4n) is 5.08. The van der Waals surface area contributed by atoms with E-state index in [4.69, 9.17) is 18.9 Å². The highest BCUT2D eigenvalue weighted by Gasteiger charge is 2.36. The molecule has 0 radical (unpaired) electrons. The lowest BCUT2D eigenvalue weighted by atomic mass is 9.83. The lowest BCUT2D eigenvalue weighted by molar-refractivity contribution is -0.135. The number of aromatic hydroxyl groups is 1.